The van der Waals surface area contributed by atoms with Crippen molar-refractivity contribution in [3.63, 3.8) is 0 Å². The molecule has 0 bridgehead atoms. The zero-order valence-electron chi connectivity index (χ0n) is 20.2. The summed E-state index contributed by atoms with van der Waals surface area (Å²) in [6.07, 6.45) is 2.09. The van der Waals surface area contributed by atoms with Crippen molar-refractivity contribution in [3.05, 3.63) is 65.0 Å². The second-order valence-corrected chi connectivity index (χ2v) is 9.37. The molecule has 0 fully saturated rings. The van der Waals surface area contributed by atoms with Crippen LogP contribution < -0.4 is 15.4 Å². The van der Waals surface area contributed by atoms with Gasteiger partial charge in [0.25, 0.3) is 5.91 Å². The number of nitrogens with zero attached hydrogens (tertiary/aromatic N) is 2. The van der Waals surface area contributed by atoms with Gasteiger partial charge in [0, 0.05) is 16.9 Å². The molecule has 2 aromatic carbocycles. The average Bonchev–Trinajstić information content (AvgIpc) is 3.36. The fraction of sp³-hybridized carbons (Fsp3) is 0.346. The van der Waals surface area contributed by atoms with Crippen LogP contribution in [0.25, 0.3) is 5.69 Å². The molecular weight excluding hydrogens is 432 g/mol. The minimum Gasteiger partial charge on any atom is -0.495 e. The number of methoxy groups -OCH3 is 1. The maximum absolute atomic E-state index is 13.2. The van der Waals surface area contributed by atoms with Gasteiger partial charge in [-0.05, 0) is 77.3 Å². The third kappa shape index (κ3) is 5.06. The van der Waals surface area contributed by atoms with Crippen LogP contribution in [0, 0.1) is 6.92 Å². The lowest BCUT2D eigenvalue weighted by molar-refractivity contribution is 0.0635. The Hall–Kier alpha value is -3.81. The molecule has 178 valence electrons. The fourth-order valence-electron chi connectivity index (χ4n) is 4.01. The predicted octanol–water partition coefficient (Wildman–Crippen LogP) is 5.28. The number of benzene rings is 2. The van der Waals surface area contributed by atoms with Crippen LogP contribution in [0.2, 0.25) is 0 Å². The lowest BCUT2D eigenvalue weighted by atomic mass is 10.2. The second-order valence-electron chi connectivity index (χ2n) is 9.37. The zero-order valence-corrected chi connectivity index (χ0v) is 20.2. The van der Waals surface area contributed by atoms with Crippen LogP contribution in [-0.4, -0.2) is 34.5 Å². The molecule has 1 heterocycles. The van der Waals surface area contributed by atoms with Gasteiger partial charge in [-0.25, -0.2) is 9.48 Å². The molecule has 0 atom stereocenters. The summed E-state index contributed by atoms with van der Waals surface area (Å²) in [6, 6.07) is 13.1. The van der Waals surface area contributed by atoms with Gasteiger partial charge in [0.1, 0.15) is 11.4 Å². The van der Waals surface area contributed by atoms with Crippen LogP contribution in [0.3, 0.4) is 0 Å². The third-order valence-corrected chi connectivity index (χ3v) is 5.52. The molecule has 0 spiro atoms. The van der Waals surface area contributed by atoms with Crippen molar-refractivity contribution in [2.24, 2.45) is 0 Å². The van der Waals surface area contributed by atoms with Gasteiger partial charge in [0.15, 0.2) is 5.69 Å². The third-order valence-electron chi connectivity index (χ3n) is 5.52. The first-order chi connectivity index (χ1) is 16.1. The van der Waals surface area contributed by atoms with Gasteiger partial charge in [-0.1, -0.05) is 17.7 Å². The summed E-state index contributed by atoms with van der Waals surface area (Å²) in [6.45, 7) is 7.40. The normalized spacial score (nSPS) is 12.7. The number of anilines is 2. The molecule has 1 aliphatic rings. The summed E-state index contributed by atoms with van der Waals surface area (Å²) in [5.41, 5.74) is 4.86. The van der Waals surface area contributed by atoms with Crippen LogP contribution >= 0.6 is 0 Å². The van der Waals surface area contributed by atoms with Gasteiger partial charge in [-0.2, -0.15) is 5.10 Å². The Balaban J connectivity index is 1.58. The number of aromatic nitrogens is 2. The topological polar surface area (TPSA) is 94.5 Å². The summed E-state index contributed by atoms with van der Waals surface area (Å²) >= 11 is 0. The van der Waals surface area contributed by atoms with Gasteiger partial charge in [0.2, 0.25) is 0 Å². The summed E-state index contributed by atoms with van der Waals surface area (Å²) in [4.78, 5) is 25.5. The number of amides is 2. The van der Waals surface area contributed by atoms with Gasteiger partial charge in [-0.3, -0.25) is 10.1 Å². The van der Waals surface area contributed by atoms with Gasteiger partial charge in [0.05, 0.1) is 18.5 Å². The van der Waals surface area contributed by atoms with Crippen molar-refractivity contribution in [3.8, 4) is 11.4 Å². The highest BCUT2D eigenvalue weighted by Gasteiger charge is 2.27. The van der Waals surface area contributed by atoms with E-state index in [4.69, 9.17) is 9.47 Å². The molecule has 0 radical (unpaired) electrons. The molecule has 0 unspecified atom stereocenters. The number of fused-ring (bicyclic) bond motifs is 1. The van der Waals surface area contributed by atoms with E-state index in [-0.39, 0.29) is 5.91 Å². The fourth-order valence-corrected chi connectivity index (χ4v) is 4.01. The average molecular weight is 463 g/mol. The Kier molecular flexibility index (Phi) is 6.32. The number of carbonyl (C=O) groups is 2. The molecule has 2 N–H and O–H groups in total. The van der Waals surface area contributed by atoms with Crippen LogP contribution in [-0.2, 0) is 17.6 Å². The van der Waals surface area contributed by atoms with Crippen molar-refractivity contribution in [2.75, 3.05) is 17.7 Å². The van der Waals surface area contributed by atoms with Gasteiger partial charge in [-0.15, -0.1) is 0 Å². The van der Waals surface area contributed by atoms with Crippen LogP contribution in [0.1, 0.15) is 54.5 Å². The minimum atomic E-state index is -0.639. The summed E-state index contributed by atoms with van der Waals surface area (Å²) in [5, 5.41) is 10.3. The van der Waals surface area contributed by atoms with Crippen LogP contribution in [0.4, 0.5) is 16.2 Å². The SMILES string of the molecule is COc1ccc(NC(=O)c2nn(-c3ccc(C)cc3)c3c2CCC3)cc1NC(=O)OC(C)(C)C. The highest BCUT2D eigenvalue weighted by Crippen LogP contribution is 2.31. The van der Waals surface area contributed by atoms with Gasteiger partial charge >= 0.3 is 6.09 Å². The smallest absolute Gasteiger partial charge is 0.412 e. The minimum absolute atomic E-state index is 0.294. The molecule has 1 aromatic heterocycles. The first-order valence-corrected chi connectivity index (χ1v) is 11.3. The van der Waals surface area contributed by atoms with E-state index in [2.05, 4.69) is 15.7 Å². The van der Waals surface area contributed by atoms with Crippen LogP contribution in [0.15, 0.2) is 42.5 Å². The first kappa shape index (κ1) is 23.4. The molecule has 0 aliphatic heterocycles. The zero-order chi connectivity index (χ0) is 24.5. The molecule has 4 rings (SSSR count). The second kappa shape index (κ2) is 9.21. The molecule has 0 saturated carbocycles. The number of rotatable bonds is 5. The lowest BCUT2D eigenvalue weighted by Crippen LogP contribution is -2.27. The first-order valence-electron chi connectivity index (χ1n) is 11.3. The van der Waals surface area contributed by atoms with E-state index in [0.29, 0.717) is 22.8 Å². The van der Waals surface area contributed by atoms with E-state index in [1.807, 2.05) is 35.9 Å². The number of carbonyl (C=O) groups excluding carboxylic acids is 2. The van der Waals surface area contributed by atoms with E-state index >= 15 is 0 Å². The summed E-state index contributed by atoms with van der Waals surface area (Å²) in [5.74, 6) is 0.158. The van der Waals surface area contributed by atoms with Crippen molar-refractivity contribution in [2.45, 2.75) is 52.6 Å². The standard InChI is InChI=1S/C26H30N4O4/c1-16-9-12-18(13-10-16)30-21-8-6-7-19(21)23(29-30)24(31)27-17-11-14-22(33-5)20(15-17)28-25(32)34-26(2,3)4/h9-15H,6-8H2,1-5H3,(H,27,31)(H,28,32). The van der Waals surface area contributed by atoms with E-state index in [1.54, 1.807) is 39.0 Å². The summed E-state index contributed by atoms with van der Waals surface area (Å²) in [7, 11) is 1.51. The highest BCUT2D eigenvalue weighted by atomic mass is 16.6. The number of hydrogen-bond donors (Lipinski definition) is 2. The number of hydrogen-bond acceptors (Lipinski definition) is 5. The predicted molar refractivity (Wildman–Crippen MR) is 131 cm³/mol. The summed E-state index contributed by atoms with van der Waals surface area (Å²) < 4.78 is 12.5. The Morgan fingerprint density at radius 1 is 1.03 bits per heavy atom. The quantitative estimate of drug-likeness (QED) is 0.538. The molecular formula is C26H30N4O4. The Bertz CT molecular complexity index is 1220. The van der Waals surface area contributed by atoms with Crippen molar-refractivity contribution in [1.29, 1.82) is 0 Å². The molecule has 2 amide bonds. The molecule has 8 heteroatoms. The molecule has 3 aromatic rings. The molecule has 34 heavy (non-hydrogen) atoms. The monoisotopic (exact) mass is 462 g/mol. The Morgan fingerprint density at radius 2 is 1.76 bits per heavy atom. The van der Waals surface area contributed by atoms with Gasteiger partial charge < -0.3 is 14.8 Å². The maximum Gasteiger partial charge on any atom is 0.412 e. The number of nitrogens with one attached hydrogen (secondary N) is 2. The van der Waals surface area contributed by atoms with Crippen molar-refractivity contribution < 1.29 is 19.1 Å². The van der Waals surface area contributed by atoms with E-state index < -0.39 is 11.7 Å². The van der Waals surface area contributed by atoms with E-state index in [0.717, 1.165) is 36.2 Å². The number of aryl methyl sites for hydroxylation is 1. The Labute approximate surface area is 199 Å². The van der Waals surface area contributed by atoms with E-state index in [1.165, 1.54) is 12.7 Å². The van der Waals surface area contributed by atoms with E-state index in [9.17, 15) is 9.59 Å². The Morgan fingerprint density at radius 3 is 2.44 bits per heavy atom. The highest BCUT2D eigenvalue weighted by molar-refractivity contribution is 6.04. The molecule has 1 aliphatic carbocycles. The molecule has 8 nitrogen and oxygen atoms in total. The largest absolute Gasteiger partial charge is 0.495 e. The van der Waals surface area contributed by atoms with Crippen molar-refractivity contribution >= 4 is 23.4 Å². The van der Waals surface area contributed by atoms with Crippen molar-refractivity contribution in [1.82, 2.24) is 9.78 Å². The number of ether oxygens (including phenoxy) is 2. The van der Waals surface area contributed by atoms with Crippen LogP contribution in [0.5, 0.6) is 5.75 Å². The molecule has 0 saturated heterocycles. The maximum atomic E-state index is 13.2. The lowest BCUT2D eigenvalue weighted by Gasteiger charge is -2.20.